The predicted octanol–water partition coefficient (Wildman–Crippen LogP) is 7.83. The van der Waals surface area contributed by atoms with Crippen molar-refractivity contribution in [1.82, 2.24) is 20.1 Å². The molecule has 2 N–H and O–H groups in total. The number of hydrogen-bond donors (Lipinski definition) is 2. The molecule has 0 amide bonds. The van der Waals surface area contributed by atoms with Gasteiger partial charge in [-0.2, -0.15) is 5.10 Å². The average Bonchev–Trinajstić information content (AvgIpc) is 3.49. The van der Waals surface area contributed by atoms with Crippen molar-refractivity contribution in [2.45, 2.75) is 25.5 Å². The van der Waals surface area contributed by atoms with Crippen LogP contribution in [0.5, 0.6) is 0 Å². The lowest BCUT2D eigenvalue weighted by atomic mass is 10.0. The van der Waals surface area contributed by atoms with Gasteiger partial charge in [-0.05, 0) is 66.9 Å². The van der Waals surface area contributed by atoms with Crippen molar-refractivity contribution in [3.63, 3.8) is 0 Å². The number of nitrogens with zero attached hydrogens (tertiary/aromatic N) is 4. The molecule has 1 saturated heterocycles. The zero-order chi connectivity index (χ0) is 29.8. The predicted molar refractivity (Wildman–Crippen MR) is 167 cm³/mol. The number of anilines is 2. The summed E-state index contributed by atoms with van der Waals surface area (Å²) in [4.78, 5) is 6.50. The first-order valence-corrected chi connectivity index (χ1v) is 14.5. The van der Waals surface area contributed by atoms with Crippen LogP contribution in [0.3, 0.4) is 0 Å². The second kappa shape index (κ2) is 16.3. The summed E-state index contributed by atoms with van der Waals surface area (Å²) in [5, 5.41) is 9.06. The van der Waals surface area contributed by atoms with Gasteiger partial charge < -0.3 is 14.9 Å². The summed E-state index contributed by atoms with van der Waals surface area (Å²) < 4.78 is 39.8. The first-order valence-electron chi connectivity index (χ1n) is 13.3. The van der Waals surface area contributed by atoms with Crippen LogP contribution in [0, 0.1) is 5.82 Å². The fourth-order valence-electron chi connectivity index (χ4n) is 4.27. The van der Waals surface area contributed by atoms with E-state index in [2.05, 4.69) is 58.0 Å². The Hall–Kier alpha value is -3.21. The summed E-state index contributed by atoms with van der Waals surface area (Å²) in [7, 11) is 1.00. The van der Waals surface area contributed by atoms with Crippen molar-refractivity contribution >= 4 is 34.9 Å². The summed E-state index contributed by atoms with van der Waals surface area (Å²) >= 11 is 7.96. The first-order chi connectivity index (χ1) is 20.0. The van der Waals surface area contributed by atoms with Crippen LogP contribution in [0.25, 0.3) is 28.1 Å². The summed E-state index contributed by atoms with van der Waals surface area (Å²) in [6.07, 6.45) is 6.27. The zero-order valence-corrected chi connectivity index (χ0v) is 25.2. The molecule has 3 heterocycles. The number of benzene rings is 2. The molecule has 0 radical (unpaired) electrons. The topological polar surface area (TPSA) is 58.0 Å². The summed E-state index contributed by atoms with van der Waals surface area (Å²) in [6.45, 7) is 8.13. The quantitative estimate of drug-likeness (QED) is 0.200. The van der Waals surface area contributed by atoms with Crippen LogP contribution in [0.4, 0.5) is 24.5 Å². The van der Waals surface area contributed by atoms with Gasteiger partial charge in [0.15, 0.2) is 5.82 Å². The largest absolute Gasteiger partial charge is 0.369 e. The van der Waals surface area contributed by atoms with Crippen LogP contribution in [0.2, 0.25) is 5.02 Å². The highest BCUT2D eigenvalue weighted by Gasteiger charge is 2.21. The molecule has 0 bridgehead atoms. The Morgan fingerprint density at radius 2 is 1.61 bits per heavy atom. The van der Waals surface area contributed by atoms with Crippen molar-refractivity contribution in [2.24, 2.45) is 0 Å². The van der Waals surface area contributed by atoms with Crippen molar-refractivity contribution < 1.29 is 13.2 Å². The molecule has 6 nitrogen and oxygen atoms in total. The first kappa shape index (κ1) is 32.3. The molecule has 4 aromatic rings. The average molecular weight is 605 g/mol. The minimum absolute atomic E-state index is 0.334. The Labute approximate surface area is 249 Å². The van der Waals surface area contributed by atoms with Crippen molar-refractivity contribution in [1.29, 1.82) is 0 Å². The Balaban J connectivity index is 0.00000111. The van der Waals surface area contributed by atoms with E-state index in [1.807, 2.05) is 18.3 Å². The van der Waals surface area contributed by atoms with Gasteiger partial charge in [0.1, 0.15) is 5.69 Å². The normalized spacial score (nSPS) is 13.4. The third kappa shape index (κ3) is 8.18. The van der Waals surface area contributed by atoms with Crippen LogP contribution in [0.1, 0.15) is 20.3 Å². The third-order valence-corrected chi connectivity index (χ3v) is 7.83. The third-order valence-electron chi connectivity index (χ3n) is 6.54. The standard InChI is InChI=1S/C28H30ClFN6S.2CH3F/c1-3-19(2)37-34-26-17-21(29)16-24(27(26)30)25-18-36(33-28(25)20-8-10-31-11-9-20)23-6-4-22(5-7-23)35-14-12-32-13-15-35;2*1-2/h4-11,16-19,32,34H,3,12-15H2,1-2H3;2*1H3. The molecule has 5 rings (SSSR count). The van der Waals surface area contributed by atoms with Crippen molar-refractivity contribution in [3.05, 3.63) is 78.0 Å². The van der Waals surface area contributed by atoms with E-state index in [9.17, 15) is 8.78 Å². The number of nitrogens with one attached hydrogen (secondary N) is 2. The maximum atomic E-state index is 15.9. The van der Waals surface area contributed by atoms with Gasteiger partial charge in [-0.25, -0.2) is 9.07 Å². The molecule has 1 unspecified atom stereocenters. The summed E-state index contributed by atoms with van der Waals surface area (Å²) in [6, 6.07) is 15.4. The SMILES string of the molecule is CCC(C)SNc1cc(Cl)cc(-c2cn(-c3ccc(N4CCNCC4)cc3)nc2-c2ccncc2)c1F.CF.CF. The Bertz CT molecular complexity index is 1350. The van der Waals surface area contributed by atoms with E-state index in [0.717, 1.165) is 43.9 Å². The van der Waals surface area contributed by atoms with E-state index in [4.69, 9.17) is 16.7 Å². The highest BCUT2D eigenvalue weighted by Crippen LogP contribution is 2.38. The molecule has 1 aliphatic heterocycles. The van der Waals surface area contributed by atoms with E-state index in [0.29, 0.717) is 47.1 Å². The number of pyridine rings is 1. The van der Waals surface area contributed by atoms with Gasteiger partial charge in [0, 0.05) is 77.4 Å². The van der Waals surface area contributed by atoms with Crippen LogP contribution >= 0.6 is 23.5 Å². The molecule has 220 valence electrons. The van der Waals surface area contributed by atoms with E-state index >= 15 is 4.39 Å². The summed E-state index contributed by atoms with van der Waals surface area (Å²) in [5.41, 5.74) is 5.01. The Morgan fingerprint density at radius 1 is 0.976 bits per heavy atom. The van der Waals surface area contributed by atoms with Crippen LogP contribution in [-0.2, 0) is 0 Å². The van der Waals surface area contributed by atoms with Gasteiger partial charge in [-0.3, -0.25) is 13.8 Å². The number of hydrogen-bond acceptors (Lipinski definition) is 6. The number of halogens is 4. The molecule has 2 aromatic carbocycles. The lowest BCUT2D eigenvalue weighted by molar-refractivity contribution is 0.589. The van der Waals surface area contributed by atoms with E-state index in [1.54, 1.807) is 29.2 Å². The molecule has 0 spiro atoms. The Morgan fingerprint density at radius 3 is 2.24 bits per heavy atom. The van der Waals surface area contributed by atoms with Crippen molar-refractivity contribution in [2.75, 3.05) is 50.2 Å². The molecule has 0 aliphatic carbocycles. The Kier molecular flexibility index (Phi) is 12.8. The van der Waals surface area contributed by atoms with Crippen LogP contribution in [-0.4, -0.2) is 60.5 Å². The van der Waals surface area contributed by atoms with Crippen LogP contribution < -0.4 is 14.9 Å². The molecule has 2 aromatic heterocycles. The second-order valence-corrected chi connectivity index (χ2v) is 10.8. The highest BCUT2D eigenvalue weighted by atomic mass is 35.5. The second-order valence-electron chi connectivity index (χ2n) is 9.08. The highest BCUT2D eigenvalue weighted by molar-refractivity contribution is 8.01. The fourth-order valence-corrected chi connectivity index (χ4v) is 5.13. The van der Waals surface area contributed by atoms with Gasteiger partial charge in [-0.15, -0.1) is 0 Å². The van der Waals surface area contributed by atoms with Crippen molar-refractivity contribution in [3.8, 4) is 28.1 Å². The van der Waals surface area contributed by atoms with E-state index in [-0.39, 0.29) is 5.82 Å². The maximum Gasteiger partial charge on any atom is 0.155 e. The zero-order valence-electron chi connectivity index (χ0n) is 23.7. The lowest BCUT2D eigenvalue weighted by Crippen LogP contribution is -2.43. The lowest BCUT2D eigenvalue weighted by Gasteiger charge is -2.29. The van der Waals surface area contributed by atoms with Gasteiger partial charge in [0.25, 0.3) is 0 Å². The van der Waals surface area contributed by atoms with Gasteiger partial charge in [0.2, 0.25) is 0 Å². The summed E-state index contributed by atoms with van der Waals surface area (Å²) in [5.74, 6) is -0.357. The van der Waals surface area contributed by atoms with E-state index in [1.165, 1.54) is 17.6 Å². The van der Waals surface area contributed by atoms with Gasteiger partial charge in [0.05, 0.1) is 25.7 Å². The molecule has 1 fully saturated rings. The van der Waals surface area contributed by atoms with Gasteiger partial charge >= 0.3 is 0 Å². The number of piperazine rings is 1. The minimum Gasteiger partial charge on any atom is -0.369 e. The van der Waals surface area contributed by atoms with Crippen LogP contribution in [0.15, 0.2) is 67.1 Å². The smallest absolute Gasteiger partial charge is 0.155 e. The van der Waals surface area contributed by atoms with E-state index < -0.39 is 0 Å². The molecule has 0 saturated carbocycles. The van der Waals surface area contributed by atoms with Gasteiger partial charge in [-0.1, -0.05) is 25.4 Å². The number of rotatable bonds is 8. The molecule has 41 heavy (non-hydrogen) atoms. The molecule has 11 heteroatoms. The molecule has 1 atom stereocenters. The molecule has 1 aliphatic rings. The number of aromatic nitrogens is 3. The number of alkyl halides is 2. The fraction of sp³-hybridized carbons (Fsp3) is 0.333. The molecular formula is C30H36ClF3N6S. The maximum absolute atomic E-state index is 15.9. The molecular weight excluding hydrogens is 569 g/mol. The minimum atomic E-state index is -0.357. The monoisotopic (exact) mass is 604 g/mol.